The van der Waals surface area contributed by atoms with E-state index in [-0.39, 0.29) is 5.82 Å². The van der Waals surface area contributed by atoms with Gasteiger partial charge in [0.2, 0.25) is 0 Å². The highest BCUT2D eigenvalue weighted by Crippen LogP contribution is 2.28. The van der Waals surface area contributed by atoms with Crippen LogP contribution in [0.15, 0.2) is 55.5 Å². The summed E-state index contributed by atoms with van der Waals surface area (Å²) in [5, 5.41) is 9.44. The van der Waals surface area contributed by atoms with Gasteiger partial charge in [-0.3, -0.25) is 19.8 Å². The van der Waals surface area contributed by atoms with E-state index in [4.69, 9.17) is 4.98 Å². The van der Waals surface area contributed by atoms with Crippen LogP contribution in [-0.2, 0) is 13.0 Å². The number of H-pyrrole nitrogens is 2. The molecule has 4 heterocycles. The first-order valence-electron chi connectivity index (χ1n) is 14.3. The minimum atomic E-state index is -1.45. The predicted molar refractivity (Wildman–Crippen MR) is 185 cm³/mol. The topological polar surface area (TPSA) is 98.4 Å². The van der Waals surface area contributed by atoms with Crippen molar-refractivity contribution in [3.8, 4) is 22.8 Å². The molecule has 4 aromatic heterocycles. The fourth-order valence-corrected chi connectivity index (χ4v) is 5.49. The van der Waals surface area contributed by atoms with Crippen molar-refractivity contribution < 1.29 is 4.39 Å². The van der Waals surface area contributed by atoms with E-state index < -0.39 is 9.39 Å². The van der Waals surface area contributed by atoms with Gasteiger partial charge < -0.3 is 9.88 Å². The Balaban J connectivity index is 1.52. The molecule has 0 radical (unpaired) electrons. The third-order valence-corrected chi connectivity index (χ3v) is 8.00. The third-order valence-electron chi connectivity index (χ3n) is 7.16. The van der Waals surface area contributed by atoms with Crippen molar-refractivity contribution >= 4 is 49.9 Å². The zero-order chi connectivity index (χ0) is 31.4. The monoisotopic (exact) mass is 610 g/mol. The lowest BCUT2D eigenvalue weighted by Crippen LogP contribution is -2.23. The summed E-state index contributed by atoms with van der Waals surface area (Å²) in [5.74, 6) is 8.32. The first kappa shape index (κ1) is 31.1. The Kier molecular flexibility index (Phi) is 9.24. The number of hydrogen-bond donors (Lipinski definition) is 3. The number of nitrogens with one attached hydrogen (secondary N) is 3. The quantitative estimate of drug-likeness (QED) is 0.189. The molecular weight excluding hydrogens is 571 g/mol. The number of allylic oxidation sites excluding steroid dienone is 1. The third kappa shape index (κ3) is 7.39. The second kappa shape index (κ2) is 13.1. The zero-order valence-electron chi connectivity index (χ0n) is 25.7. The van der Waals surface area contributed by atoms with Gasteiger partial charge in [-0.25, -0.2) is 9.37 Å². The summed E-state index contributed by atoms with van der Waals surface area (Å²) >= 11 is 0. The number of fused-ring (bicyclic) bond motifs is 1. The molecular formula is C34H39FN8S. The summed E-state index contributed by atoms with van der Waals surface area (Å²) in [6.07, 6.45) is 13.4. The van der Waals surface area contributed by atoms with Gasteiger partial charge in [-0.05, 0) is 105 Å². The fourth-order valence-electron chi connectivity index (χ4n) is 4.97. The number of halogens is 1. The Hall–Kier alpha value is -4.38. The van der Waals surface area contributed by atoms with Crippen molar-refractivity contribution in [2.45, 2.75) is 26.3 Å². The van der Waals surface area contributed by atoms with Gasteiger partial charge in [0, 0.05) is 35.9 Å². The van der Waals surface area contributed by atoms with Gasteiger partial charge in [0.05, 0.1) is 16.6 Å². The van der Waals surface area contributed by atoms with Gasteiger partial charge in [-0.1, -0.05) is 24.4 Å². The fraction of sp³-hybridized carbons (Fsp3) is 0.235. The normalized spacial score (nSPS) is 13.0. The van der Waals surface area contributed by atoms with Gasteiger partial charge in [-0.15, -0.1) is 0 Å². The van der Waals surface area contributed by atoms with Crippen molar-refractivity contribution in [1.29, 1.82) is 0 Å². The SMILES string of the molecule is C=C(/C=c1/c(-c2nc3c(-c4cc(F)cc(CNS(=C)(=C)C)c4)nccc3[nH]2)n[nH]/c1=C/C)c1cncc(CCCN(C)C)c1. The van der Waals surface area contributed by atoms with Crippen LogP contribution in [0.3, 0.4) is 0 Å². The number of aromatic amines is 2. The number of pyridine rings is 2. The molecule has 0 aliphatic carbocycles. The molecule has 8 nitrogen and oxygen atoms in total. The molecule has 0 spiro atoms. The Morgan fingerprint density at radius 2 is 1.93 bits per heavy atom. The summed E-state index contributed by atoms with van der Waals surface area (Å²) in [4.78, 5) is 19.6. The van der Waals surface area contributed by atoms with Crippen LogP contribution in [0, 0.1) is 5.82 Å². The molecule has 0 bridgehead atoms. The van der Waals surface area contributed by atoms with E-state index in [0.29, 0.717) is 34.8 Å². The second-order valence-electron chi connectivity index (χ2n) is 11.4. The van der Waals surface area contributed by atoms with E-state index in [0.717, 1.165) is 52.2 Å². The molecule has 5 aromatic rings. The van der Waals surface area contributed by atoms with Crippen molar-refractivity contribution in [3.05, 3.63) is 88.6 Å². The van der Waals surface area contributed by atoms with E-state index in [2.05, 4.69) is 73.3 Å². The van der Waals surface area contributed by atoms with Crippen molar-refractivity contribution in [3.63, 3.8) is 0 Å². The molecule has 44 heavy (non-hydrogen) atoms. The van der Waals surface area contributed by atoms with Gasteiger partial charge in [0.15, 0.2) is 5.82 Å². The summed E-state index contributed by atoms with van der Waals surface area (Å²) < 4.78 is 18.0. The lowest BCUT2D eigenvalue weighted by Gasteiger charge is -2.12. The van der Waals surface area contributed by atoms with E-state index >= 15 is 0 Å². The van der Waals surface area contributed by atoms with Gasteiger partial charge in [-0.2, -0.15) is 14.5 Å². The maximum absolute atomic E-state index is 14.7. The lowest BCUT2D eigenvalue weighted by atomic mass is 10.0. The van der Waals surface area contributed by atoms with Crippen LogP contribution in [0.1, 0.15) is 30.0 Å². The minimum absolute atomic E-state index is 0.347. The highest BCUT2D eigenvalue weighted by Gasteiger charge is 2.16. The molecule has 0 atom stereocenters. The standard InChI is InChI=1S/C34H39FN8S/c1-8-29-28(14-22(2)26-15-23(19-36-21-26)10-9-13-43(3)4)32(42-41-29)34-39-30-11-12-37-31(33(30)40-34)25-16-24(17-27(35)18-25)20-38-44(5,6)7/h8,11-12,14-19,21,38,41H,2,5-6,9-10,13,20H2,1,3-4,7H3,(H,39,40)/b28-14+,29-8+. The summed E-state index contributed by atoms with van der Waals surface area (Å²) in [7, 11) is 2.71. The largest absolute Gasteiger partial charge is 0.336 e. The highest BCUT2D eigenvalue weighted by molar-refractivity contribution is 8.25. The van der Waals surface area contributed by atoms with Crippen LogP contribution in [0.4, 0.5) is 4.39 Å². The first-order chi connectivity index (χ1) is 21.0. The molecule has 1 aromatic carbocycles. The van der Waals surface area contributed by atoms with Crippen molar-refractivity contribution in [2.75, 3.05) is 26.9 Å². The second-order valence-corrected chi connectivity index (χ2v) is 14.3. The molecule has 5 rings (SSSR count). The molecule has 228 valence electrons. The van der Waals surface area contributed by atoms with Crippen LogP contribution >= 0.6 is 9.39 Å². The summed E-state index contributed by atoms with van der Waals surface area (Å²) in [6.45, 7) is 7.78. The molecule has 3 N–H and O–H groups in total. The van der Waals surface area contributed by atoms with E-state index in [1.54, 1.807) is 6.20 Å². The van der Waals surface area contributed by atoms with Gasteiger partial charge in [0.1, 0.15) is 17.0 Å². The molecule has 0 fully saturated rings. The van der Waals surface area contributed by atoms with E-state index in [1.165, 1.54) is 17.7 Å². The van der Waals surface area contributed by atoms with Crippen molar-refractivity contribution in [2.24, 2.45) is 0 Å². The number of benzene rings is 1. The Labute approximate surface area is 258 Å². The van der Waals surface area contributed by atoms with Crippen molar-refractivity contribution in [1.82, 2.24) is 39.8 Å². The van der Waals surface area contributed by atoms with Gasteiger partial charge >= 0.3 is 0 Å². The maximum Gasteiger partial charge on any atom is 0.159 e. The van der Waals surface area contributed by atoms with Gasteiger partial charge in [0.25, 0.3) is 0 Å². The smallest absolute Gasteiger partial charge is 0.159 e. The van der Waals surface area contributed by atoms with Crippen LogP contribution < -0.4 is 15.3 Å². The summed E-state index contributed by atoms with van der Waals surface area (Å²) in [5.41, 5.74) is 6.99. The molecule has 0 saturated heterocycles. The lowest BCUT2D eigenvalue weighted by molar-refractivity contribution is 0.400. The molecule has 0 saturated carbocycles. The Bertz CT molecular complexity index is 2050. The molecule has 0 unspecified atom stereocenters. The molecule has 0 aliphatic rings. The highest BCUT2D eigenvalue weighted by atomic mass is 32.2. The molecule has 10 heteroatoms. The zero-order valence-corrected chi connectivity index (χ0v) is 26.6. The van der Waals surface area contributed by atoms with Crippen LogP contribution in [0.2, 0.25) is 0 Å². The number of hydrogen-bond acceptors (Lipinski definition) is 6. The van der Waals surface area contributed by atoms with E-state index in [9.17, 15) is 4.39 Å². The number of aryl methyl sites for hydroxylation is 1. The average molecular weight is 611 g/mol. The molecule has 0 amide bonds. The summed E-state index contributed by atoms with van der Waals surface area (Å²) in [6, 6.07) is 8.90. The first-order valence-corrected chi connectivity index (χ1v) is 16.7. The Morgan fingerprint density at radius 3 is 2.68 bits per heavy atom. The minimum Gasteiger partial charge on any atom is -0.336 e. The Morgan fingerprint density at radius 1 is 1.11 bits per heavy atom. The van der Waals surface area contributed by atoms with Crippen LogP contribution in [0.25, 0.3) is 51.5 Å². The average Bonchev–Trinajstić information content (AvgIpc) is 3.59. The number of imidazole rings is 1. The molecule has 0 aliphatic heterocycles. The number of rotatable bonds is 11. The number of nitrogens with zero attached hydrogens (tertiary/aromatic N) is 5. The predicted octanol–water partition coefficient (Wildman–Crippen LogP) is 4.64. The van der Waals surface area contributed by atoms with E-state index in [1.807, 2.05) is 49.9 Å². The van der Waals surface area contributed by atoms with Crippen LogP contribution in [-0.4, -0.2) is 73.7 Å². The maximum atomic E-state index is 14.7. The van der Waals surface area contributed by atoms with Crippen LogP contribution in [0.5, 0.6) is 0 Å². The number of aromatic nitrogens is 6.